The van der Waals surface area contributed by atoms with E-state index in [1.165, 1.54) is 11.3 Å². The number of nitrogens with zero attached hydrogens (tertiary/aromatic N) is 3. The number of halogens is 2. The van der Waals surface area contributed by atoms with E-state index in [0.717, 1.165) is 59.5 Å². The minimum atomic E-state index is 0.0867. The van der Waals surface area contributed by atoms with E-state index in [2.05, 4.69) is 4.90 Å². The summed E-state index contributed by atoms with van der Waals surface area (Å²) in [4.78, 5) is 23.3. The zero-order valence-corrected chi connectivity index (χ0v) is 20.8. The lowest BCUT2D eigenvalue weighted by Crippen LogP contribution is -2.39. The van der Waals surface area contributed by atoms with Gasteiger partial charge in [0.05, 0.1) is 22.9 Å². The minimum absolute atomic E-state index is 0.0867. The summed E-state index contributed by atoms with van der Waals surface area (Å²) in [5.74, 6) is 0.787. The van der Waals surface area contributed by atoms with Gasteiger partial charge < -0.3 is 4.74 Å². The fraction of sp³-hybridized carbons (Fsp3) is 0.391. The zero-order chi connectivity index (χ0) is 22.3. The van der Waals surface area contributed by atoms with Crippen molar-refractivity contribution in [3.63, 3.8) is 0 Å². The summed E-state index contributed by atoms with van der Waals surface area (Å²) < 4.78 is 6.42. The van der Waals surface area contributed by atoms with E-state index in [1.807, 2.05) is 47.4 Å². The maximum Gasteiger partial charge on any atom is 0.229 e. The van der Waals surface area contributed by atoms with Crippen LogP contribution in [0.15, 0.2) is 47.4 Å². The van der Waals surface area contributed by atoms with E-state index in [0.29, 0.717) is 28.8 Å². The Balaban J connectivity index is 1.42. The average Bonchev–Trinajstić information content (AvgIpc) is 3.24. The highest BCUT2D eigenvalue weighted by atomic mass is 35.5. The molecule has 1 amide bonds. The van der Waals surface area contributed by atoms with Crippen molar-refractivity contribution < 1.29 is 9.53 Å². The van der Waals surface area contributed by atoms with Crippen molar-refractivity contribution >= 4 is 67.6 Å². The molecule has 1 saturated heterocycles. The van der Waals surface area contributed by atoms with Crippen LogP contribution >= 0.6 is 46.3 Å². The third-order valence-electron chi connectivity index (χ3n) is 5.25. The molecule has 0 spiro atoms. The molecule has 1 aliphatic rings. The third kappa shape index (κ3) is 6.37. The van der Waals surface area contributed by atoms with Gasteiger partial charge in [-0.1, -0.05) is 40.6 Å². The molecular formula is C23H25Cl2N3O2S2. The van der Waals surface area contributed by atoms with Crippen molar-refractivity contribution in [2.24, 2.45) is 0 Å². The molecule has 1 aromatic heterocycles. The number of carbonyl (C=O) groups excluding carboxylic acids is 1. The molecule has 0 N–H and O–H groups in total. The van der Waals surface area contributed by atoms with Crippen molar-refractivity contribution in [2.45, 2.75) is 17.7 Å². The van der Waals surface area contributed by atoms with Gasteiger partial charge in [0.1, 0.15) is 5.52 Å². The van der Waals surface area contributed by atoms with Crippen LogP contribution in [0.4, 0.5) is 5.13 Å². The topological polar surface area (TPSA) is 45.7 Å². The Kier molecular flexibility index (Phi) is 8.68. The molecule has 1 fully saturated rings. The van der Waals surface area contributed by atoms with E-state index >= 15 is 0 Å². The van der Waals surface area contributed by atoms with E-state index < -0.39 is 0 Å². The van der Waals surface area contributed by atoms with Gasteiger partial charge in [0.15, 0.2) is 5.13 Å². The van der Waals surface area contributed by atoms with Crippen LogP contribution in [0.2, 0.25) is 10.0 Å². The molecule has 0 radical (unpaired) electrons. The molecule has 0 saturated carbocycles. The Morgan fingerprint density at radius 1 is 1.16 bits per heavy atom. The van der Waals surface area contributed by atoms with Crippen molar-refractivity contribution in [3.05, 3.63) is 52.5 Å². The number of hydrogen-bond donors (Lipinski definition) is 0. The summed E-state index contributed by atoms with van der Waals surface area (Å²) in [5.41, 5.74) is 0.760. The number of carbonyl (C=O) groups is 1. The van der Waals surface area contributed by atoms with Crippen molar-refractivity contribution in [1.29, 1.82) is 0 Å². The van der Waals surface area contributed by atoms with Crippen molar-refractivity contribution in [3.8, 4) is 0 Å². The lowest BCUT2D eigenvalue weighted by atomic mass is 10.3. The summed E-state index contributed by atoms with van der Waals surface area (Å²) in [6.45, 7) is 5.03. The number of morpholine rings is 1. The van der Waals surface area contributed by atoms with Crippen LogP contribution < -0.4 is 4.90 Å². The Morgan fingerprint density at radius 3 is 2.69 bits per heavy atom. The van der Waals surface area contributed by atoms with Gasteiger partial charge in [-0.3, -0.25) is 14.6 Å². The Bertz CT molecular complexity index is 1040. The second-order valence-electron chi connectivity index (χ2n) is 7.49. The number of anilines is 1. The molecule has 3 aromatic rings. The highest BCUT2D eigenvalue weighted by Gasteiger charge is 2.21. The molecule has 4 rings (SSSR count). The Morgan fingerprint density at radius 2 is 1.94 bits per heavy atom. The molecule has 1 aliphatic heterocycles. The van der Waals surface area contributed by atoms with E-state index in [-0.39, 0.29) is 5.91 Å². The molecule has 0 atom stereocenters. The van der Waals surface area contributed by atoms with Crippen LogP contribution in [-0.4, -0.2) is 60.9 Å². The number of hydrogen-bond acceptors (Lipinski definition) is 6. The summed E-state index contributed by atoms with van der Waals surface area (Å²) in [7, 11) is 0. The molecule has 0 bridgehead atoms. The molecule has 170 valence electrons. The van der Waals surface area contributed by atoms with Crippen LogP contribution in [0.25, 0.3) is 10.2 Å². The van der Waals surface area contributed by atoms with Gasteiger partial charge in [-0.25, -0.2) is 4.98 Å². The van der Waals surface area contributed by atoms with E-state index in [4.69, 9.17) is 32.9 Å². The molecule has 2 aromatic carbocycles. The van der Waals surface area contributed by atoms with Crippen molar-refractivity contribution in [1.82, 2.24) is 9.88 Å². The SMILES string of the molecule is O=C(CCSc1ccc(Cl)cc1)N(CCCN1CCOCC1)c1nc2c(Cl)cccc2s1. The highest BCUT2D eigenvalue weighted by Crippen LogP contribution is 2.33. The van der Waals surface area contributed by atoms with Gasteiger partial charge >= 0.3 is 0 Å². The molecule has 32 heavy (non-hydrogen) atoms. The van der Waals surface area contributed by atoms with Gasteiger partial charge in [-0.15, -0.1) is 11.8 Å². The standard InChI is InChI=1S/C23H25Cl2N3O2S2/c24-17-5-7-18(8-6-17)31-16-9-21(29)28(11-2-10-27-12-14-30-15-13-27)23-26-22-19(25)3-1-4-20(22)32-23/h1,3-8H,2,9-16H2. The van der Waals surface area contributed by atoms with Gasteiger partial charge in [-0.05, 0) is 42.8 Å². The monoisotopic (exact) mass is 509 g/mol. The number of para-hydroxylation sites is 1. The van der Waals surface area contributed by atoms with Gasteiger partial charge in [0.25, 0.3) is 0 Å². The molecule has 2 heterocycles. The van der Waals surface area contributed by atoms with Crippen molar-refractivity contribution in [2.75, 3.05) is 50.0 Å². The summed E-state index contributed by atoms with van der Waals surface area (Å²) >= 11 is 15.5. The molecule has 5 nitrogen and oxygen atoms in total. The first-order valence-corrected chi connectivity index (χ1v) is 13.2. The summed E-state index contributed by atoms with van der Waals surface area (Å²) in [6.07, 6.45) is 1.33. The second-order valence-corrected chi connectivity index (χ2v) is 10.5. The lowest BCUT2D eigenvalue weighted by Gasteiger charge is -2.27. The maximum absolute atomic E-state index is 13.2. The number of thiazole rings is 1. The maximum atomic E-state index is 13.2. The molecule has 9 heteroatoms. The normalized spacial score (nSPS) is 14.7. The smallest absolute Gasteiger partial charge is 0.229 e. The zero-order valence-electron chi connectivity index (χ0n) is 17.6. The fourth-order valence-electron chi connectivity index (χ4n) is 3.54. The highest BCUT2D eigenvalue weighted by molar-refractivity contribution is 7.99. The van der Waals surface area contributed by atoms with Crippen LogP contribution in [-0.2, 0) is 9.53 Å². The second kappa shape index (κ2) is 11.7. The van der Waals surface area contributed by atoms with Crippen LogP contribution in [0.1, 0.15) is 12.8 Å². The number of aromatic nitrogens is 1. The number of ether oxygens (including phenoxy) is 1. The van der Waals surface area contributed by atoms with Crippen LogP contribution in [0.5, 0.6) is 0 Å². The number of thioether (sulfide) groups is 1. The average molecular weight is 511 g/mol. The molecular weight excluding hydrogens is 485 g/mol. The van der Waals surface area contributed by atoms with Gasteiger partial charge in [-0.2, -0.15) is 0 Å². The van der Waals surface area contributed by atoms with Gasteiger partial charge in [0.2, 0.25) is 5.91 Å². The Labute approximate surface area is 206 Å². The predicted octanol–water partition coefficient (Wildman–Crippen LogP) is 5.84. The largest absolute Gasteiger partial charge is 0.379 e. The minimum Gasteiger partial charge on any atom is -0.379 e. The number of fused-ring (bicyclic) bond motifs is 1. The van der Waals surface area contributed by atoms with Crippen LogP contribution in [0, 0.1) is 0 Å². The third-order valence-corrected chi connectivity index (χ3v) is 7.86. The summed E-state index contributed by atoms with van der Waals surface area (Å²) in [6, 6.07) is 13.4. The molecule has 0 unspecified atom stereocenters. The van der Waals surface area contributed by atoms with E-state index in [9.17, 15) is 4.79 Å². The first-order valence-electron chi connectivity index (χ1n) is 10.6. The predicted molar refractivity (Wildman–Crippen MR) is 136 cm³/mol. The quantitative estimate of drug-likeness (QED) is 0.339. The first kappa shape index (κ1) is 23.8. The Hall–Kier alpha value is -1.35. The van der Waals surface area contributed by atoms with E-state index in [1.54, 1.807) is 11.8 Å². The first-order chi connectivity index (χ1) is 15.6. The number of benzene rings is 2. The number of rotatable bonds is 9. The van der Waals surface area contributed by atoms with Gasteiger partial charge in [0, 0.05) is 48.3 Å². The fourth-order valence-corrected chi connectivity index (χ4v) is 5.82. The lowest BCUT2D eigenvalue weighted by molar-refractivity contribution is -0.118. The number of amides is 1. The van der Waals surface area contributed by atoms with Crippen LogP contribution in [0.3, 0.4) is 0 Å². The molecule has 0 aliphatic carbocycles. The summed E-state index contributed by atoms with van der Waals surface area (Å²) in [5, 5.41) is 2.05.